The van der Waals surface area contributed by atoms with E-state index in [1.807, 2.05) is 0 Å². The summed E-state index contributed by atoms with van der Waals surface area (Å²) in [5, 5.41) is 1.09. The molecule has 0 N–H and O–H groups in total. The Bertz CT molecular complexity index is 203. The SMILES string of the molecule is CC1CN(CC(CBr)C(C)(C)C)CCCO1. The van der Waals surface area contributed by atoms with E-state index >= 15 is 0 Å². The number of halogens is 1. The minimum absolute atomic E-state index is 0.375. The van der Waals surface area contributed by atoms with Crippen LogP contribution in [0.5, 0.6) is 0 Å². The predicted octanol–water partition coefficient (Wildman–Crippen LogP) is 3.15. The van der Waals surface area contributed by atoms with E-state index in [9.17, 15) is 0 Å². The highest BCUT2D eigenvalue weighted by molar-refractivity contribution is 9.09. The molecule has 0 amide bonds. The van der Waals surface area contributed by atoms with Crippen molar-refractivity contribution in [2.24, 2.45) is 11.3 Å². The molecular weight excluding hydrogens is 266 g/mol. The lowest BCUT2D eigenvalue weighted by atomic mass is 9.81. The summed E-state index contributed by atoms with van der Waals surface area (Å²) >= 11 is 3.66. The number of hydrogen-bond donors (Lipinski definition) is 0. The van der Waals surface area contributed by atoms with E-state index in [4.69, 9.17) is 4.74 Å². The molecule has 2 atom stereocenters. The predicted molar refractivity (Wildman–Crippen MR) is 73.2 cm³/mol. The average molecular weight is 292 g/mol. The molecule has 2 unspecified atom stereocenters. The summed E-state index contributed by atoms with van der Waals surface area (Å²) in [6, 6.07) is 0. The molecule has 0 spiro atoms. The molecule has 3 heteroatoms. The first-order valence-electron chi connectivity index (χ1n) is 6.33. The number of rotatable bonds is 3. The molecule has 1 rings (SSSR count). The molecule has 0 radical (unpaired) electrons. The fraction of sp³-hybridized carbons (Fsp3) is 1.00. The van der Waals surface area contributed by atoms with Crippen LogP contribution in [-0.4, -0.2) is 42.6 Å². The third-order valence-corrected chi connectivity index (χ3v) is 4.21. The van der Waals surface area contributed by atoms with Crippen molar-refractivity contribution in [3.05, 3.63) is 0 Å². The van der Waals surface area contributed by atoms with Crippen LogP contribution >= 0.6 is 15.9 Å². The van der Waals surface area contributed by atoms with E-state index in [0.717, 1.165) is 18.5 Å². The maximum atomic E-state index is 5.68. The van der Waals surface area contributed by atoms with E-state index in [1.54, 1.807) is 0 Å². The molecule has 0 saturated carbocycles. The second kappa shape index (κ2) is 6.36. The van der Waals surface area contributed by atoms with Crippen LogP contribution in [0.15, 0.2) is 0 Å². The van der Waals surface area contributed by atoms with Gasteiger partial charge in [0.25, 0.3) is 0 Å². The Labute approximate surface area is 109 Å². The zero-order valence-corrected chi connectivity index (χ0v) is 12.7. The van der Waals surface area contributed by atoms with E-state index < -0.39 is 0 Å². The average Bonchev–Trinajstić information content (AvgIpc) is 2.37. The van der Waals surface area contributed by atoms with Crippen molar-refractivity contribution in [3.8, 4) is 0 Å². The minimum Gasteiger partial charge on any atom is -0.377 e. The first kappa shape index (κ1) is 14.5. The standard InChI is InChI=1S/C13H26BrNO/c1-11-9-15(6-5-7-16-11)10-12(8-14)13(2,3)4/h11-12H,5-10H2,1-4H3. The minimum atomic E-state index is 0.375. The number of alkyl halides is 1. The Morgan fingerprint density at radius 2 is 2.12 bits per heavy atom. The van der Waals surface area contributed by atoms with Gasteiger partial charge in [0.2, 0.25) is 0 Å². The molecule has 0 aromatic heterocycles. The lowest BCUT2D eigenvalue weighted by Crippen LogP contribution is -2.39. The van der Waals surface area contributed by atoms with Gasteiger partial charge < -0.3 is 9.64 Å². The molecule has 0 aliphatic carbocycles. The van der Waals surface area contributed by atoms with E-state index in [-0.39, 0.29) is 0 Å². The molecule has 1 aliphatic rings. The van der Waals surface area contributed by atoms with Gasteiger partial charge in [0.15, 0.2) is 0 Å². The smallest absolute Gasteiger partial charge is 0.0673 e. The van der Waals surface area contributed by atoms with E-state index in [2.05, 4.69) is 48.5 Å². The fourth-order valence-corrected chi connectivity index (χ4v) is 3.29. The fourth-order valence-electron chi connectivity index (χ4n) is 2.11. The first-order chi connectivity index (χ1) is 7.43. The highest BCUT2D eigenvalue weighted by Gasteiger charge is 2.26. The molecule has 0 bridgehead atoms. The van der Waals surface area contributed by atoms with E-state index in [1.165, 1.54) is 19.5 Å². The Hall–Kier alpha value is 0.400. The van der Waals surface area contributed by atoms with Crippen LogP contribution in [0.4, 0.5) is 0 Å². The summed E-state index contributed by atoms with van der Waals surface area (Å²) in [7, 11) is 0. The second-order valence-electron chi connectivity index (χ2n) is 6.01. The Kier molecular flexibility index (Phi) is 5.75. The third kappa shape index (κ3) is 4.72. The summed E-state index contributed by atoms with van der Waals surface area (Å²) in [5.74, 6) is 0.706. The molecule has 1 saturated heterocycles. The van der Waals surface area contributed by atoms with Crippen molar-refractivity contribution in [1.82, 2.24) is 4.90 Å². The Morgan fingerprint density at radius 3 is 2.69 bits per heavy atom. The molecule has 1 heterocycles. The van der Waals surface area contributed by atoms with Crippen LogP contribution in [0.25, 0.3) is 0 Å². The van der Waals surface area contributed by atoms with Crippen LogP contribution in [0.1, 0.15) is 34.1 Å². The van der Waals surface area contributed by atoms with E-state index in [0.29, 0.717) is 17.4 Å². The van der Waals surface area contributed by atoms with Crippen LogP contribution < -0.4 is 0 Å². The molecule has 1 aliphatic heterocycles. The van der Waals surface area contributed by atoms with Crippen molar-refractivity contribution < 1.29 is 4.74 Å². The van der Waals surface area contributed by atoms with Gasteiger partial charge in [-0.05, 0) is 24.7 Å². The summed E-state index contributed by atoms with van der Waals surface area (Å²) in [6.45, 7) is 13.5. The first-order valence-corrected chi connectivity index (χ1v) is 7.45. The monoisotopic (exact) mass is 291 g/mol. The summed E-state index contributed by atoms with van der Waals surface area (Å²) in [4.78, 5) is 2.56. The second-order valence-corrected chi connectivity index (χ2v) is 6.66. The summed E-state index contributed by atoms with van der Waals surface area (Å²) in [5.41, 5.74) is 0.375. The molecule has 96 valence electrons. The van der Waals surface area contributed by atoms with Crippen molar-refractivity contribution in [2.75, 3.05) is 31.6 Å². The molecule has 2 nitrogen and oxygen atoms in total. The maximum Gasteiger partial charge on any atom is 0.0673 e. The van der Waals surface area contributed by atoms with Gasteiger partial charge in [-0.15, -0.1) is 0 Å². The molecule has 16 heavy (non-hydrogen) atoms. The number of hydrogen-bond acceptors (Lipinski definition) is 2. The van der Waals surface area contributed by atoms with Gasteiger partial charge in [0.05, 0.1) is 6.10 Å². The van der Waals surface area contributed by atoms with Crippen molar-refractivity contribution in [2.45, 2.75) is 40.2 Å². The van der Waals surface area contributed by atoms with Gasteiger partial charge in [0, 0.05) is 31.6 Å². The van der Waals surface area contributed by atoms with Gasteiger partial charge in [-0.25, -0.2) is 0 Å². The Morgan fingerprint density at radius 1 is 1.44 bits per heavy atom. The number of nitrogens with zero attached hydrogens (tertiary/aromatic N) is 1. The quantitative estimate of drug-likeness (QED) is 0.741. The lowest BCUT2D eigenvalue weighted by molar-refractivity contribution is 0.0622. The van der Waals surface area contributed by atoms with Crippen molar-refractivity contribution in [3.63, 3.8) is 0 Å². The lowest BCUT2D eigenvalue weighted by Gasteiger charge is -2.34. The zero-order chi connectivity index (χ0) is 12.2. The molecule has 0 aromatic carbocycles. The number of ether oxygens (including phenoxy) is 1. The van der Waals surface area contributed by atoms with Crippen molar-refractivity contribution >= 4 is 15.9 Å². The van der Waals surface area contributed by atoms with Crippen LogP contribution in [0.3, 0.4) is 0 Å². The van der Waals surface area contributed by atoms with Crippen LogP contribution in [0, 0.1) is 11.3 Å². The zero-order valence-electron chi connectivity index (χ0n) is 11.1. The van der Waals surface area contributed by atoms with Gasteiger partial charge >= 0.3 is 0 Å². The Balaban J connectivity index is 2.50. The molecule has 0 aromatic rings. The summed E-state index contributed by atoms with van der Waals surface area (Å²) < 4.78 is 5.68. The van der Waals surface area contributed by atoms with Crippen LogP contribution in [0.2, 0.25) is 0 Å². The molecular formula is C13H26BrNO. The van der Waals surface area contributed by atoms with Gasteiger partial charge in [-0.1, -0.05) is 36.7 Å². The normalized spacial score (nSPS) is 26.4. The van der Waals surface area contributed by atoms with Gasteiger partial charge in [-0.3, -0.25) is 0 Å². The largest absolute Gasteiger partial charge is 0.377 e. The third-order valence-electron chi connectivity index (χ3n) is 3.43. The summed E-state index contributed by atoms with van der Waals surface area (Å²) in [6.07, 6.45) is 1.56. The molecule has 1 fully saturated rings. The topological polar surface area (TPSA) is 12.5 Å². The van der Waals surface area contributed by atoms with Crippen molar-refractivity contribution in [1.29, 1.82) is 0 Å². The van der Waals surface area contributed by atoms with Crippen LogP contribution in [-0.2, 0) is 4.74 Å². The van der Waals surface area contributed by atoms with Gasteiger partial charge in [-0.2, -0.15) is 0 Å². The highest BCUT2D eigenvalue weighted by Crippen LogP contribution is 2.28. The highest BCUT2D eigenvalue weighted by atomic mass is 79.9. The van der Waals surface area contributed by atoms with Gasteiger partial charge in [0.1, 0.15) is 0 Å². The maximum absolute atomic E-state index is 5.68.